The lowest BCUT2D eigenvalue weighted by atomic mass is 9.70. The van der Waals surface area contributed by atoms with E-state index in [4.69, 9.17) is 0 Å². The molecule has 4 bridgehead atoms. The van der Waals surface area contributed by atoms with Gasteiger partial charge in [0.15, 0.2) is 0 Å². The molecule has 3 fully saturated rings. The molecule has 4 atom stereocenters. The molecule has 3 rings (SSSR count). The van der Waals surface area contributed by atoms with Crippen molar-refractivity contribution in [3.8, 4) is 0 Å². The zero-order chi connectivity index (χ0) is 10.8. The smallest absolute Gasteiger partial charge is 0.0412 e. The van der Waals surface area contributed by atoms with E-state index in [-0.39, 0.29) is 0 Å². The predicted octanol–water partition coefficient (Wildman–Crippen LogP) is 5.17. The number of hydrogen-bond acceptors (Lipinski definition) is 0. The van der Waals surface area contributed by atoms with Gasteiger partial charge in [0, 0.05) is 0 Å². The minimum absolute atomic E-state index is 1.12. The molecule has 0 N–H and O–H groups in total. The summed E-state index contributed by atoms with van der Waals surface area (Å²) in [6, 6.07) is 0. The quantitative estimate of drug-likeness (QED) is 0.528. The van der Waals surface area contributed by atoms with E-state index in [1.807, 2.05) is 0 Å². The minimum Gasteiger partial charge on any atom is -0.0528 e. The highest BCUT2D eigenvalue weighted by Gasteiger charge is 2.28. The first-order chi connectivity index (χ1) is 7.90. The normalized spacial score (nSPS) is 45.0. The number of hydrogen-bond donors (Lipinski definition) is 0. The molecule has 16 heavy (non-hydrogen) atoms. The summed E-state index contributed by atoms with van der Waals surface area (Å²) in [6.07, 6.45) is 18.8. The monoisotopic (exact) mass is 220 g/mol. The van der Waals surface area contributed by atoms with Crippen molar-refractivity contribution in [3.05, 3.63) is 0 Å². The summed E-state index contributed by atoms with van der Waals surface area (Å²) >= 11 is 0. The second-order valence-corrected chi connectivity index (χ2v) is 6.95. The van der Waals surface area contributed by atoms with Gasteiger partial charge >= 0.3 is 0 Å². The highest BCUT2D eigenvalue weighted by molar-refractivity contribution is 4.80. The van der Waals surface area contributed by atoms with Gasteiger partial charge in [0.05, 0.1) is 0 Å². The van der Waals surface area contributed by atoms with E-state index in [0.29, 0.717) is 0 Å². The fraction of sp³-hybridized carbons (Fsp3) is 1.00. The van der Waals surface area contributed by atoms with E-state index >= 15 is 0 Å². The first-order valence-corrected chi connectivity index (χ1v) is 7.90. The van der Waals surface area contributed by atoms with Gasteiger partial charge < -0.3 is 0 Å². The van der Waals surface area contributed by atoms with Gasteiger partial charge in [-0.2, -0.15) is 0 Å². The van der Waals surface area contributed by atoms with Crippen molar-refractivity contribution in [3.63, 3.8) is 0 Å². The molecule has 4 unspecified atom stereocenters. The van der Waals surface area contributed by atoms with Crippen LogP contribution in [-0.2, 0) is 0 Å². The van der Waals surface area contributed by atoms with Gasteiger partial charge in [-0.3, -0.25) is 0 Å². The molecule has 0 aromatic rings. The summed E-state index contributed by atoms with van der Waals surface area (Å²) in [5, 5.41) is 0. The molecule has 0 aromatic carbocycles. The van der Waals surface area contributed by atoms with E-state index in [1.54, 1.807) is 77.0 Å². The van der Waals surface area contributed by atoms with Crippen LogP contribution >= 0.6 is 0 Å². The fourth-order valence-corrected chi connectivity index (χ4v) is 4.80. The summed E-state index contributed by atoms with van der Waals surface area (Å²) in [5.41, 5.74) is 0. The summed E-state index contributed by atoms with van der Waals surface area (Å²) in [7, 11) is 0. The average molecular weight is 220 g/mol. The predicted molar refractivity (Wildman–Crippen MR) is 69.4 cm³/mol. The molecule has 0 aromatic heterocycles. The zero-order valence-electron chi connectivity index (χ0n) is 10.8. The molecule has 0 heteroatoms. The fourth-order valence-electron chi connectivity index (χ4n) is 4.80. The standard InChI is InChI=1S/C16H28/c1-3-13-7-9-15-5-2-6-16(12-15)10-8-14(4-1)11-13/h13-16H,1-12H2. The van der Waals surface area contributed by atoms with Crippen molar-refractivity contribution in [1.82, 2.24) is 0 Å². The Morgan fingerprint density at radius 3 is 1.00 bits per heavy atom. The zero-order valence-corrected chi connectivity index (χ0v) is 10.8. The van der Waals surface area contributed by atoms with Crippen molar-refractivity contribution in [2.75, 3.05) is 0 Å². The summed E-state index contributed by atoms with van der Waals surface area (Å²) < 4.78 is 0. The van der Waals surface area contributed by atoms with Crippen LogP contribution in [0.4, 0.5) is 0 Å². The largest absolute Gasteiger partial charge is 0.0528 e. The van der Waals surface area contributed by atoms with Crippen LogP contribution in [0.25, 0.3) is 0 Å². The van der Waals surface area contributed by atoms with Crippen molar-refractivity contribution in [2.45, 2.75) is 77.0 Å². The molecule has 3 aliphatic rings. The van der Waals surface area contributed by atoms with Gasteiger partial charge in [0.25, 0.3) is 0 Å². The summed E-state index contributed by atoms with van der Waals surface area (Å²) in [5.74, 6) is 4.49. The highest BCUT2D eigenvalue weighted by Crippen LogP contribution is 2.42. The van der Waals surface area contributed by atoms with Crippen LogP contribution in [0.1, 0.15) is 77.0 Å². The van der Waals surface area contributed by atoms with Gasteiger partial charge in [-0.15, -0.1) is 0 Å². The second-order valence-electron chi connectivity index (χ2n) is 6.95. The maximum atomic E-state index is 1.60. The average Bonchev–Trinajstić information content (AvgIpc) is 2.34. The van der Waals surface area contributed by atoms with E-state index in [9.17, 15) is 0 Å². The molecule has 0 nitrogen and oxygen atoms in total. The third-order valence-electron chi connectivity index (χ3n) is 5.75. The molecular formula is C16H28. The Kier molecular flexibility index (Phi) is 3.54. The molecule has 3 aliphatic carbocycles. The Hall–Kier alpha value is 0. The second kappa shape index (κ2) is 5.10. The van der Waals surface area contributed by atoms with Gasteiger partial charge in [-0.1, -0.05) is 64.2 Å². The molecule has 0 spiro atoms. The van der Waals surface area contributed by atoms with Crippen LogP contribution in [0.2, 0.25) is 0 Å². The van der Waals surface area contributed by atoms with Gasteiger partial charge in [0.1, 0.15) is 0 Å². The van der Waals surface area contributed by atoms with E-state index in [2.05, 4.69) is 0 Å². The maximum Gasteiger partial charge on any atom is -0.0412 e. The van der Waals surface area contributed by atoms with Crippen LogP contribution in [0.15, 0.2) is 0 Å². The topological polar surface area (TPSA) is 0 Å². The van der Waals surface area contributed by atoms with Crippen molar-refractivity contribution < 1.29 is 0 Å². The summed E-state index contributed by atoms with van der Waals surface area (Å²) in [6.45, 7) is 0. The third kappa shape index (κ3) is 2.63. The van der Waals surface area contributed by atoms with Crippen molar-refractivity contribution >= 4 is 0 Å². The van der Waals surface area contributed by atoms with Crippen molar-refractivity contribution in [2.24, 2.45) is 23.7 Å². The van der Waals surface area contributed by atoms with Gasteiger partial charge in [-0.25, -0.2) is 0 Å². The number of fused-ring (bicyclic) bond motifs is 4. The lowest BCUT2D eigenvalue weighted by Crippen LogP contribution is -2.23. The Morgan fingerprint density at radius 1 is 0.375 bits per heavy atom. The minimum atomic E-state index is 1.12. The van der Waals surface area contributed by atoms with Crippen LogP contribution in [0, 0.1) is 23.7 Å². The highest BCUT2D eigenvalue weighted by atomic mass is 14.3. The Labute approximate surface area is 101 Å². The van der Waals surface area contributed by atoms with Gasteiger partial charge in [0.2, 0.25) is 0 Å². The molecule has 0 aliphatic heterocycles. The van der Waals surface area contributed by atoms with Crippen LogP contribution < -0.4 is 0 Å². The van der Waals surface area contributed by atoms with Crippen LogP contribution in [0.3, 0.4) is 0 Å². The van der Waals surface area contributed by atoms with E-state index in [0.717, 1.165) is 23.7 Å². The Balaban J connectivity index is 1.64. The molecule has 0 heterocycles. The lowest BCUT2D eigenvalue weighted by Gasteiger charge is -2.36. The van der Waals surface area contributed by atoms with Crippen molar-refractivity contribution in [1.29, 1.82) is 0 Å². The number of rotatable bonds is 0. The SMILES string of the molecule is C1CC2CCC3CCCC(CCC(C1)C2)C3. The lowest BCUT2D eigenvalue weighted by molar-refractivity contribution is 0.163. The molecule has 0 amide bonds. The molecule has 92 valence electrons. The summed E-state index contributed by atoms with van der Waals surface area (Å²) in [4.78, 5) is 0. The van der Waals surface area contributed by atoms with Gasteiger partial charge in [-0.05, 0) is 36.5 Å². The first-order valence-electron chi connectivity index (χ1n) is 7.90. The first kappa shape index (κ1) is 11.1. The Bertz CT molecular complexity index is 176. The molecule has 3 saturated carbocycles. The van der Waals surface area contributed by atoms with E-state index < -0.39 is 0 Å². The Morgan fingerprint density at radius 2 is 0.688 bits per heavy atom. The molecule has 0 radical (unpaired) electrons. The van der Waals surface area contributed by atoms with Crippen LogP contribution in [-0.4, -0.2) is 0 Å². The maximum absolute atomic E-state index is 1.60. The third-order valence-corrected chi connectivity index (χ3v) is 5.75. The molecular weight excluding hydrogens is 192 g/mol. The van der Waals surface area contributed by atoms with Crippen LogP contribution in [0.5, 0.6) is 0 Å². The molecule has 0 saturated heterocycles. The van der Waals surface area contributed by atoms with E-state index in [1.165, 1.54) is 0 Å².